The molecule has 1 aromatic rings. The lowest BCUT2D eigenvalue weighted by atomic mass is 9.84. The van der Waals surface area contributed by atoms with Crippen LogP contribution in [-0.2, 0) is 11.0 Å². The van der Waals surface area contributed by atoms with E-state index in [9.17, 15) is 10.2 Å². The van der Waals surface area contributed by atoms with Gasteiger partial charge in [-0.05, 0) is 23.8 Å². The Hall–Kier alpha value is -1.02. The molecule has 0 heterocycles. The van der Waals surface area contributed by atoms with E-state index < -0.39 is 5.60 Å². The van der Waals surface area contributed by atoms with Gasteiger partial charge in [0.25, 0.3) is 0 Å². The van der Waals surface area contributed by atoms with Crippen LogP contribution in [0.1, 0.15) is 44.7 Å². The number of hydrogen-bond acceptors (Lipinski definition) is 2. The van der Waals surface area contributed by atoms with Gasteiger partial charge in [0.2, 0.25) is 0 Å². The van der Waals surface area contributed by atoms with Crippen molar-refractivity contribution in [3.8, 4) is 5.75 Å². The Kier molecular flexibility index (Phi) is 2.09. The first kappa shape index (κ1) is 10.5. The third kappa shape index (κ3) is 1.74. The zero-order valence-corrected chi connectivity index (χ0v) is 9.54. The number of phenols is 1. The van der Waals surface area contributed by atoms with Crippen LogP contribution in [0.2, 0.25) is 0 Å². The lowest BCUT2D eigenvalue weighted by molar-refractivity contribution is 0.147. The molecule has 0 spiro atoms. The van der Waals surface area contributed by atoms with Crippen molar-refractivity contribution in [2.45, 2.75) is 44.6 Å². The fraction of sp³-hybridized carbons (Fsp3) is 0.538. The molecule has 1 saturated carbocycles. The highest BCUT2D eigenvalue weighted by molar-refractivity contribution is 5.48. The van der Waals surface area contributed by atoms with Crippen LogP contribution < -0.4 is 0 Å². The topological polar surface area (TPSA) is 40.5 Å². The molecular weight excluding hydrogens is 188 g/mol. The molecule has 2 rings (SSSR count). The van der Waals surface area contributed by atoms with E-state index in [1.807, 2.05) is 18.2 Å². The van der Waals surface area contributed by atoms with Gasteiger partial charge in [-0.2, -0.15) is 0 Å². The van der Waals surface area contributed by atoms with E-state index in [2.05, 4.69) is 20.8 Å². The molecule has 0 bridgehead atoms. The van der Waals surface area contributed by atoms with E-state index in [0.29, 0.717) is 5.56 Å². The Morgan fingerprint density at radius 3 is 2.27 bits per heavy atom. The van der Waals surface area contributed by atoms with Crippen molar-refractivity contribution < 1.29 is 10.2 Å². The smallest absolute Gasteiger partial charge is 0.125 e. The summed E-state index contributed by atoms with van der Waals surface area (Å²) in [6.45, 7) is 6.17. The number of hydrogen-bond donors (Lipinski definition) is 2. The van der Waals surface area contributed by atoms with Crippen molar-refractivity contribution in [2.24, 2.45) is 0 Å². The maximum Gasteiger partial charge on any atom is 0.125 e. The molecule has 0 amide bonds. The quantitative estimate of drug-likeness (QED) is 0.741. The Morgan fingerprint density at radius 2 is 1.80 bits per heavy atom. The maximum absolute atomic E-state index is 10.1. The second-order valence-corrected chi connectivity index (χ2v) is 5.48. The fourth-order valence-electron chi connectivity index (χ4n) is 1.91. The van der Waals surface area contributed by atoms with E-state index >= 15 is 0 Å². The van der Waals surface area contributed by atoms with Crippen LogP contribution in [0.5, 0.6) is 5.75 Å². The predicted molar refractivity (Wildman–Crippen MR) is 59.9 cm³/mol. The molecule has 15 heavy (non-hydrogen) atoms. The van der Waals surface area contributed by atoms with E-state index in [0.717, 1.165) is 18.4 Å². The van der Waals surface area contributed by atoms with Gasteiger partial charge in [0.1, 0.15) is 5.75 Å². The van der Waals surface area contributed by atoms with Gasteiger partial charge in [0, 0.05) is 5.56 Å². The third-order valence-corrected chi connectivity index (χ3v) is 3.07. The molecule has 0 aliphatic heterocycles. The van der Waals surface area contributed by atoms with Gasteiger partial charge < -0.3 is 10.2 Å². The van der Waals surface area contributed by atoms with Crippen molar-refractivity contribution in [2.75, 3.05) is 0 Å². The van der Waals surface area contributed by atoms with Gasteiger partial charge in [-0.25, -0.2) is 0 Å². The molecule has 1 aromatic carbocycles. The average molecular weight is 206 g/mol. The van der Waals surface area contributed by atoms with Gasteiger partial charge in [0.15, 0.2) is 0 Å². The second-order valence-electron chi connectivity index (χ2n) is 5.48. The molecule has 0 radical (unpaired) electrons. The van der Waals surface area contributed by atoms with E-state index in [1.165, 1.54) is 0 Å². The summed E-state index contributed by atoms with van der Waals surface area (Å²) >= 11 is 0. The standard InChI is InChI=1S/C13H18O2/c1-12(2,3)9-5-4-6-10(11(9)14)13(15)7-8-13/h4-6,14-15H,7-8H2,1-3H3. The number of benzene rings is 1. The van der Waals surface area contributed by atoms with Crippen molar-refractivity contribution in [1.82, 2.24) is 0 Å². The van der Waals surface area contributed by atoms with Crippen molar-refractivity contribution in [3.05, 3.63) is 29.3 Å². The van der Waals surface area contributed by atoms with Gasteiger partial charge in [-0.1, -0.05) is 39.0 Å². The Morgan fingerprint density at radius 1 is 1.20 bits per heavy atom. The van der Waals surface area contributed by atoms with Crippen LogP contribution in [0, 0.1) is 0 Å². The first-order chi connectivity index (χ1) is 6.84. The molecule has 2 N–H and O–H groups in total. The van der Waals surface area contributed by atoms with E-state index in [-0.39, 0.29) is 11.2 Å². The highest BCUT2D eigenvalue weighted by Crippen LogP contribution is 2.50. The molecule has 0 unspecified atom stereocenters. The molecule has 0 saturated heterocycles. The lowest BCUT2D eigenvalue weighted by Crippen LogP contribution is -2.14. The zero-order chi connectivity index (χ0) is 11.3. The Bertz CT molecular complexity index is 361. The predicted octanol–water partition coefficient (Wildman–Crippen LogP) is 2.67. The van der Waals surface area contributed by atoms with Crippen LogP contribution in [0.3, 0.4) is 0 Å². The van der Waals surface area contributed by atoms with Gasteiger partial charge >= 0.3 is 0 Å². The summed E-state index contributed by atoms with van der Waals surface area (Å²) < 4.78 is 0. The van der Waals surface area contributed by atoms with E-state index in [4.69, 9.17) is 0 Å². The Labute approximate surface area is 90.6 Å². The third-order valence-electron chi connectivity index (χ3n) is 3.07. The number of para-hydroxylation sites is 1. The first-order valence-electron chi connectivity index (χ1n) is 5.40. The fourth-order valence-corrected chi connectivity index (χ4v) is 1.91. The first-order valence-corrected chi connectivity index (χ1v) is 5.40. The largest absolute Gasteiger partial charge is 0.507 e. The minimum Gasteiger partial charge on any atom is -0.507 e. The van der Waals surface area contributed by atoms with Crippen LogP contribution in [0.4, 0.5) is 0 Å². The summed E-state index contributed by atoms with van der Waals surface area (Å²) in [5, 5.41) is 20.2. The number of rotatable bonds is 1. The van der Waals surface area contributed by atoms with Crippen LogP contribution in [0.15, 0.2) is 18.2 Å². The molecular formula is C13H18O2. The molecule has 2 nitrogen and oxygen atoms in total. The number of aromatic hydroxyl groups is 1. The molecule has 1 aliphatic carbocycles. The Balaban J connectivity index is 2.51. The summed E-state index contributed by atoms with van der Waals surface area (Å²) in [7, 11) is 0. The van der Waals surface area contributed by atoms with Crippen molar-refractivity contribution in [1.29, 1.82) is 0 Å². The van der Waals surface area contributed by atoms with Gasteiger partial charge in [-0.15, -0.1) is 0 Å². The maximum atomic E-state index is 10.1. The van der Waals surface area contributed by atoms with Crippen molar-refractivity contribution >= 4 is 0 Å². The highest BCUT2D eigenvalue weighted by Gasteiger charge is 2.44. The summed E-state index contributed by atoms with van der Waals surface area (Å²) in [5.41, 5.74) is 0.742. The zero-order valence-electron chi connectivity index (χ0n) is 9.54. The van der Waals surface area contributed by atoms with E-state index in [1.54, 1.807) is 0 Å². The molecule has 2 heteroatoms. The molecule has 82 valence electrons. The van der Waals surface area contributed by atoms with Crippen molar-refractivity contribution in [3.63, 3.8) is 0 Å². The highest BCUT2D eigenvalue weighted by atomic mass is 16.3. The summed E-state index contributed by atoms with van der Waals surface area (Å²) in [4.78, 5) is 0. The number of phenolic OH excluding ortho intramolecular Hbond substituents is 1. The molecule has 1 aliphatic rings. The second kappa shape index (κ2) is 2.99. The summed E-state index contributed by atoms with van der Waals surface area (Å²) in [6.07, 6.45) is 1.52. The lowest BCUT2D eigenvalue weighted by Gasteiger charge is -2.23. The average Bonchev–Trinajstić information content (AvgIpc) is 2.83. The van der Waals surface area contributed by atoms with Gasteiger partial charge in [-0.3, -0.25) is 0 Å². The minimum atomic E-state index is -0.759. The van der Waals surface area contributed by atoms with Crippen LogP contribution in [-0.4, -0.2) is 10.2 Å². The number of aliphatic hydroxyl groups is 1. The van der Waals surface area contributed by atoms with Gasteiger partial charge in [0.05, 0.1) is 5.60 Å². The molecule has 0 aromatic heterocycles. The minimum absolute atomic E-state index is 0.0919. The summed E-state index contributed by atoms with van der Waals surface area (Å²) in [6, 6.07) is 5.65. The van der Waals surface area contributed by atoms with Crippen LogP contribution in [0.25, 0.3) is 0 Å². The summed E-state index contributed by atoms with van der Waals surface area (Å²) in [5.74, 6) is 0.269. The normalized spacial score (nSPS) is 18.9. The molecule has 1 fully saturated rings. The van der Waals surface area contributed by atoms with Crippen LogP contribution >= 0.6 is 0 Å². The monoisotopic (exact) mass is 206 g/mol. The molecule has 0 atom stereocenters. The SMILES string of the molecule is CC(C)(C)c1cccc(C2(O)CC2)c1O.